The van der Waals surface area contributed by atoms with Crippen LogP contribution in [0.3, 0.4) is 0 Å². The van der Waals surface area contributed by atoms with E-state index in [0.717, 1.165) is 0 Å². The van der Waals surface area contributed by atoms with Crippen molar-refractivity contribution in [1.82, 2.24) is 0 Å². The van der Waals surface area contributed by atoms with Crippen LogP contribution >= 0.6 is 0 Å². The largest absolute Gasteiger partial charge is 0.573 e. The standard InChI is InChI=1S/C26H26F3NO4/c1-25(2,3)17-4-9-20(10-5-17)33-23-13-8-19(16-22(23)24-31-14-15-32-24)30-18-6-11-21(12-7-18)34-26(27,28)29/h4-13,16,24,30H,14-15H2,1-3H3. The second-order valence-electron chi connectivity index (χ2n) is 8.90. The van der Waals surface area contributed by atoms with Gasteiger partial charge >= 0.3 is 6.36 Å². The van der Waals surface area contributed by atoms with E-state index in [4.69, 9.17) is 14.2 Å². The van der Waals surface area contributed by atoms with E-state index < -0.39 is 12.7 Å². The average molecular weight is 473 g/mol. The van der Waals surface area contributed by atoms with Crippen molar-refractivity contribution >= 4 is 11.4 Å². The van der Waals surface area contributed by atoms with Gasteiger partial charge in [-0.05, 0) is 65.6 Å². The van der Waals surface area contributed by atoms with Crippen molar-refractivity contribution in [2.24, 2.45) is 0 Å². The Morgan fingerprint density at radius 1 is 0.794 bits per heavy atom. The molecule has 3 aromatic carbocycles. The maximum atomic E-state index is 12.4. The molecule has 1 N–H and O–H groups in total. The molecule has 0 radical (unpaired) electrons. The van der Waals surface area contributed by atoms with Crippen LogP contribution in [-0.4, -0.2) is 19.6 Å². The molecule has 4 rings (SSSR count). The molecule has 0 spiro atoms. The van der Waals surface area contributed by atoms with E-state index in [1.54, 1.807) is 0 Å². The highest BCUT2D eigenvalue weighted by Gasteiger charge is 2.31. The van der Waals surface area contributed by atoms with E-state index >= 15 is 0 Å². The molecule has 180 valence electrons. The molecule has 1 saturated heterocycles. The van der Waals surface area contributed by atoms with Crippen LogP contribution in [0.1, 0.15) is 38.2 Å². The molecule has 0 unspecified atom stereocenters. The summed E-state index contributed by atoms with van der Waals surface area (Å²) in [5, 5.41) is 3.17. The average Bonchev–Trinajstić information content (AvgIpc) is 3.30. The summed E-state index contributed by atoms with van der Waals surface area (Å²) in [5.74, 6) is 0.996. The van der Waals surface area contributed by atoms with Crippen molar-refractivity contribution in [1.29, 1.82) is 0 Å². The van der Waals surface area contributed by atoms with Crippen LogP contribution in [0.25, 0.3) is 0 Å². The molecule has 1 aliphatic rings. The zero-order chi connectivity index (χ0) is 24.3. The minimum absolute atomic E-state index is 0.0413. The predicted octanol–water partition coefficient (Wildman–Crippen LogP) is 7.46. The summed E-state index contributed by atoms with van der Waals surface area (Å²) in [7, 11) is 0. The van der Waals surface area contributed by atoms with Gasteiger partial charge in [-0.2, -0.15) is 0 Å². The van der Waals surface area contributed by atoms with Gasteiger partial charge in [0.25, 0.3) is 0 Å². The molecule has 1 aliphatic heterocycles. The number of benzene rings is 3. The van der Waals surface area contributed by atoms with Gasteiger partial charge in [-0.15, -0.1) is 13.2 Å². The topological polar surface area (TPSA) is 49.0 Å². The predicted molar refractivity (Wildman–Crippen MR) is 123 cm³/mol. The molecule has 0 aromatic heterocycles. The monoisotopic (exact) mass is 473 g/mol. The summed E-state index contributed by atoms with van der Waals surface area (Å²) in [5.41, 5.74) is 3.25. The maximum absolute atomic E-state index is 12.4. The van der Waals surface area contributed by atoms with Gasteiger partial charge in [0.2, 0.25) is 0 Å². The van der Waals surface area contributed by atoms with Crippen LogP contribution < -0.4 is 14.8 Å². The van der Waals surface area contributed by atoms with Crippen LogP contribution in [0.15, 0.2) is 66.7 Å². The van der Waals surface area contributed by atoms with Crippen molar-refractivity contribution in [3.8, 4) is 17.2 Å². The highest BCUT2D eigenvalue weighted by molar-refractivity contribution is 5.63. The Labute approximate surface area is 196 Å². The van der Waals surface area contributed by atoms with Crippen molar-refractivity contribution in [3.05, 3.63) is 77.9 Å². The fourth-order valence-corrected chi connectivity index (χ4v) is 3.50. The number of rotatable bonds is 6. The Balaban J connectivity index is 1.54. The van der Waals surface area contributed by atoms with Gasteiger partial charge in [-0.3, -0.25) is 0 Å². The summed E-state index contributed by atoms with van der Waals surface area (Å²) in [6, 6.07) is 18.9. The van der Waals surface area contributed by atoms with Gasteiger partial charge in [0.05, 0.1) is 18.8 Å². The molecular weight excluding hydrogens is 447 g/mol. The van der Waals surface area contributed by atoms with Gasteiger partial charge < -0.3 is 24.3 Å². The van der Waals surface area contributed by atoms with Crippen LogP contribution in [0.2, 0.25) is 0 Å². The fraction of sp³-hybridized carbons (Fsp3) is 0.308. The number of hydrogen-bond acceptors (Lipinski definition) is 5. The molecule has 0 atom stereocenters. The number of ether oxygens (including phenoxy) is 4. The SMILES string of the molecule is CC(C)(C)c1ccc(Oc2ccc(Nc3ccc(OC(F)(F)F)cc3)cc2C2OCCO2)cc1. The number of alkyl halides is 3. The minimum Gasteiger partial charge on any atom is -0.457 e. The van der Waals surface area contributed by atoms with E-state index in [9.17, 15) is 13.2 Å². The molecular formula is C26H26F3NO4. The Morgan fingerprint density at radius 2 is 1.38 bits per heavy atom. The molecule has 1 fully saturated rings. The minimum atomic E-state index is -4.73. The molecule has 1 heterocycles. The lowest BCUT2D eigenvalue weighted by molar-refractivity contribution is -0.274. The van der Waals surface area contributed by atoms with Gasteiger partial charge in [-0.1, -0.05) is 32.9 Å². The van der Waals surface area contributed by atoms with Crippen LogP contribution in [-0.2, 0) is 14.9 Å². The Hall–Kier alpha value is -3.23. The molecule has 34 heavy (non-hydrogen) atoms. The fourth-order valence-electron chi connectivity index (χ4n) is 3.50. The van der Waals surface area contributed by atoms with E-state index in [1.807, 2.05) is 42.5 Å². The van der Waals surface area contributed by atoms with Gasteiger partial charge in [0, 0.05) is 11.4 Å². The van der Waals surface area contributed by atoms with Crippen molar-refractivity contribution in [2.75, 3.05) is 18.5 Å². The van der Waals surface area contributed by atoms with Crippen LogP contribution in [0.4, 0.5) is 24.5 Å². The first kappa shape index (κ1) is 23.9. The Bertz CT molecular complexity index is 1100. The van der Waals surface area contributed by atoms with Gasteiger partial charge in [0.1, 0.15) is 17.2 Å². The van der Waals surface area contributed by atoms with Crippen LogP contribution in [0.5, 0.6) is 17.2 Å². The first-order valence-corrected chi connectivity index (χ1v) is 10.9. The van der Waals surface area contributed by atoms with Crippen molar-refractivity contribution < 1.29 is 32.1 Å². The van der Waals surface area contributed by atoms with E-state index in [-0.39, 0.29) is 11.2 Å². The highest BCUT2D eigenvalue weighted by Crippen LogP contribution is 2.37. The lowest BCUT2D eigenvalue weighted by Crippen LogP contribution is -2.16. The molecule has 8 heteroatoms. The zero-order valence-electron chi connectivity index (χ0n) is 19.1. The lowest BCUT2D eigenvalue weighted by atomic mass is 9.87. The summed E-state index contributed by atoms with van der Waals surface area (Å²) in [4.78, 5) is 0. The second-order valence-corrected chi connectivity index (χ2v) is 8.90. The molecule has 0 aliphatic carbocycles. The molecule has 3 aromatic rings. The Kier molecular flexibility index (Phi) is 6.72. The zero-order valence-corrected chi connectivity index (χ0v) is 19.1. The quantitative estimate of drug-likeness (QED) is 0.403. The van der Waals surface area contributed by atoms with Gasteiger partial charge in [-0.25, -0.2) is 0 Å². The molecule has 0 saturated carbocycles. The number of nitrogens with one attached hydrogen (secondary N) is 1. The third kappa shape index (κ3) is 6.21. The number of halogens is 3. The normalized spacial score (nSPS) is 14.8. The van der Waals surface area contributed by atoms with Gasteiger partial charge in [0.15, 0.2) is 6.29 Å². The van der Waals surface area contributed by atoms with E-state index in [2.05, 4.69) is 30.8 Å². The number of anilines is 2. The Morgan fingerprint density at radius 3 is 1.97 bits per heavy atom. The first-order chi connectivity index (χ1) is 16.1. The van der Waals surface area contributed by atoms with Crippen LogP contribution in [0, 0.1) is 0 Å². The molecule has 5 nitrogen and oxygen atoms in total. The summed E-state index contributed by atoms with van der Waals surface area (Å²) in [6.45, 7) is 7.40. The summed E-state index contributed by atoms with van der Waals surface area (Å²) >= 11 is 0. The lowest BCUT2D eigenvalue weighted by Gasteiger charge is -2.20. The third-order valence-corrected chi connectivity index (χ3v) is 5.21. The second kappa shape index (κ2) is 9.56. The molecule has 0 amide bonds. The summed E-state index contributed by atoms with van der Waals surface area (Å²) in [6.07, 6.45) is -5.30. The summed E-state index contributed by atoms with van der Waals surface area (Å²) < 4.78 is 58.6. The maximum Gasteiger partial charge on any atom is 0.573 e. The smallest absolute Gasteiger partial charge is 0.457 e. The van der Waals surface area contributed by atoms with E-state index in [0.29, 0.717) is 41.7 Å². The van der Waals surface area contributed by atoms with E-state index in [1.165, 1.54) is 29.8 Å². The number of hydrogen-bond donors (Lipinski definition) is 1. The third-order valence-electron chi connectivity index (χ3n) is 5.21. The van der Waals surface area contributed by atoms with Crippen molar-refractivity contribution in [2.45, 2.75) is 38.8 Å². The first-order valence-electron chi connectivity index (χ1n) is 10.9. The highest BCUT2D eigenvalue weighted by atomic mass is 19.4. The van der Waals surface area contributed by atoms with Crippen molar-refractivity contribution in [3.63, 3.8) is 0 Å². The molecule has 0 bridgehead atoms.